The molecule has 0 saturated heterocycles. The third-order valence-corrected chi connectivity index (χ3v) is 6.22. The summed E-state index contributed by atoms with van der Waals surface area (Å²) >= 11 is 0. The van der Waals surface area contributed by atoms with Crippen molar-refractivity contribution >= 4 is 27.9 Å². The van der Waals surface area contributed by atoms with Gasteiger partial charge in [0.1, 0.15) is 5.75 Å². The molecule has 0 aliphatic carbocycles. The van der Waals surface area contributed by atoms with E-state index in [1.807, 2.05) is 30.3 Å². The summed E-state index contributed by atoms with van der Waals surface area (Å²) < 4.78 is 31.8. The Bertz CT molecular complexity index is 954. The van der Waals surface area contributed by atoms with E-state index in [0.717, 1.165) is 23.2 Å². The molecule has 1 unspecified atom stereocenters. The van der Waals surface area contributed by atoms with E-state index in [1.54, 1.807) is 19.1 Å². The van der Waals surface area contributed by atoms with E-state index in [0.29, 0.717) is 17.9 Å². The second-order valence-corrected chi connectivity index (χ2v) is 9.31. The quantitative estimate of drug-likeness (QED) is 0.735. The van der Waals surface area contributed by atoms with Crippen molar-refractivity contribution in [2.45, 2.75) is 38.6 Å². The highest BCUT2D eigenvalue weighted by atomic mass is 32.2. The predicted octanol–water partition coefficient (Wildman–Crippen LogP) is 3.82. The van der Waals surface area contributed by atoms with Gasteiger partial charge < -0.3 is 10.1 Å². The normalized spacial score (nSPS) is 18.1. The lowest BCUT2D eigenvalue weighted by Crippen LogP contribution is -2.31. The molecule has 0 saturated carbocycles. The van der Waals surface area contributed by atoms with Crippen LogP contribution in [0.5, 0.6) is 5.75 Å². The van der Waals surface area contributed by atoms with Crippen LogP contribution in [0.1, 0.15) is 44.4 Å². The second kappa shape index (κ2) is 7.23. The lowest BCUT2D eigenvalue weighted by atomic mass is 9.74. The first-order valence-electron chi connectivity index (χ1n) is 8.86. The number of para-hydroxylation sites is 1. The summed E-state index contributed by atoms with van der Waals surface area (Å²) in [6.07, 6.45) is 0.759. The molecule has 0 radical (unpaired) electrons. The smallest absolute Gasteiger partial charge is 0.298 e. The number of carbonyl (C=O) groups excluding carboxylic acids is 1. The SMILES string of the molecule is CCS(=O)(=O)Nc1ccccc1C1CC(C)(C)c2cc(OC=O)ccc2N1. The van der Waals surface area contributed by atoms with Crippen molar-refractivity contribution in [1.29, 1.82) is 0 Å². The number of hydrogen-bond acceptors (Lipinski definition) is 5. The Morgan fingerprint density at radius 2 is 2.00 bits per heavy atom. The fraction of sp³-hybridized carbons (Fsp3) is 0.350. The average molecular weight is 388 g/mol. The van der Waals surface area contributed by atoms with Crippen LogP contribution in [0.3, 0.4) is 0 Å². The number of benzene rings is 2. The van der Waals surface area contributed by atoms with Gasteiger partial charge in [0.15, 0.2) is 0 Å². The molecule has 1 atom stereocenters. The molecule has 0 bridgehead atoms. The third-order valence-electron chi connectivity index (χ3n) is 4.93. The Morgan fingerprint density at radius 1 is 1.26 bits per heavy atom. The van der Waals surface area contributed by atoms with Crippen molar-refractivity contribution in [3.63, 3.8) is 0 Å². The molecular formula is C20H24N2O4S. The zero-order chi connectivity index (χ0) is 19.7. The van der Waals surface area contributed by atoms with E-state index in [2.05, 4.69) is 23.9 Å². The summed E-state index contributed by atoms with van der Waals surface area (Å²) in [6, 6.07) is 12.9. The highest BCUT2D eigenvalue weighted by molar-refractivity contribution is 7.92. The van der Waals surface area contributed by atoms with Gasteiger partial charge in [-0.2, -0.15) is 0 Å². The highest BCUT2D eigenvalue weighted by Crippen LogP contribution is 2.46. The molecule has 0 amide bonds. The van der Waals surface area contributed by atoms with Crippen LogP contribution in [-0.2, 0) is 20.2 Å². The molecule has 6 nitrogen and oxygen atoms in total. The molecular weight excluding hydrogens is 364 g/mol. The summed E-state index contributed by atoms with van der Waals surface area (Å²) in [5, 5.41) is 3.50. The number of nitrogens with one attached hydrogen (secondary N) is 2. The molecule has 2 N–H and O–H groups in total. The summed E-state index contributed by atoms with van der Waals surface area (Å²) in [5.74, 6) is 0.529. The fourth-order valence-electron chi connectivity index (χ4n) is 3.52. The van der Waals surface area contributed by atoms with Gasteiger partial charge >= 0.3 is 0 Å². The maximum absolute atomic E-state index is 12.1. The predicted molar refractivity (Wildman–Crippen MR) is 107 cm³/mol. The van der Waals surface area contributed by atoms with E-state index in [1.165, 1.54) is 0 Å². The molecule has 1 aliphatic rings. The van der Waals surface area contributed by atoms with E-state index in [4.69, 9.17) is 4.74 Å². The molecule has 0 aromatic heterocycles. The van der Waals surface area contributed by atoms with Gasteiger partial charge in [0.05, 0.1) is 17.5 Å². The van der Waals surface area contributed by atoms with Crippen LogP contribution in [0, 0.1) is 0 Å². The van der Waals surface area contributed by atoms with Gasteiger partial charge in [-0.25, -0.2) is 8.42 Å². The Hall–Kier alpha value is -2.54. The summed E-state index contributed by atoms with van der Waals surface area (Å²) in [7, 11) is -3.36. The van der Waals surface area contributed by atoms with Crippen molar-refractivity contribution in [2.75, 3.05) is 15.8 Å². The second-order valence-electron chi connectivity index (χ2n) is 7.30. The number of ether oxygens (including phenoxy) is 1. The van der Waals surface area contributed by atoms with Crippen molar-refractivity contribution in [3.05, 3.63) is 53.6 Å². The minimum atomic E-state index is -3.36. The molecule has 2 aromatic carbocycles. The number of rotatable bonds is 6. The fourth-order valence-corrected chi connectivity index (χ4v) is 4.18. The number of fused-ring (bicyclic) bond motifs is 1. The number of anilines is 2. The zero-order valence-corrected chi connectivity index (χ0v) is 16.5. The summed E-state index contributed by atoms with van der Waals surface area (Å²) in [4.78, 5) is 10.6. The first-order valence-corrected chi connectivity index (χ1v) is 10.5. The van der Waals surface area contributed by atoms with Gasteiger partial charge in [-0.3, -0.25) is 9.52 Å². The van der Waals surface area contributed by atoms with E-state index < -0.39 is 10.0 Å². The Morgan fingerprint density at radius 3 is 2.70 bits per heavy atom. The van der Waals surface area contributed by atoms with Crippen LogP contribution in [-0.4, -0.2) is 20.6 Å². The van der Waals surface area contributed by atoms with Gasteiger partial charge in [-0.15, -0.1) is 0 Å². The first-order chi connectivity index (χ1) is 12.8. The minimum absolute atomic E-state index is 0.0211. The minimum Gasteiger partial charge on any atom is -0.429 e. The topological polar surface area (TPSA) is 84.5 Å². The van der Waals surface area contributed by atoms with Crippen molar-refractivity contribution in [1.82, 2.24) is 0 Å². The van der Waals surface area contributed by atoms with Crippen LogP contribution >= 0.6 is 0 Å². The maximum atomic E-state index is 12.1. The van der Waals surface area contributed by atoms with E-state index in [9.17, 15) is 13.2 Å². The lowest BCUT2D eigenvalue weighted by Gasteiger charge is -2.39. The standard InChI is InChI=1S/C20H24N2O4S/c1-4-27(24,25)22-17-8-6-5-7-15(17)19-12-20(2,3)16-11-14(26-13-23)9-10-18(16)21-19/h5-11,13,19,21-22H,4,12H2,1-3H3. The molecule has 7 heteroatoms. The zero-order valence-electron chi connectivity index (χ0n) is 15.7. The summed E-state index contributed by atoms with van der Waals surface area (Å²) in [6.45, 7) is 6.29. The van der Waals surface area contributed by atoms with Crippen LogP contribution in [0.4, 0.5) is 11.4 Å². The van der Waals surface area contributed by atoms with Crippen molar-refractivity contribution < 1.29 is 17.9 Å². The van der Waals surface area contributed by atoms with E-state index >= 15 is 0 Å². The molecule has 2 aromatic rings. The Labute approximate surface area is 160 Å². The monoisotopic (exact) mass is 388 g/mol. The molecule has 1 aliphatic heterocycles. The average Bonchev–Trinajstić information content (AvgIpc) is 2.62. The van der Waals surface area contributed by atoms with Gasteiger partial charge in [0, 0.05) is 5.69 Å². The van der Waals surface area contributed by atoms with Crippen LogP contribution < -0.4 is 14.8 Å². The molecule has 144 valence electrons. The van der Waals surface area contributed by atoms with Gasteiger partial charge in [-0.05, 0) is 54.2 Å². The number of hydrogen-bond donors (Lipinski definition) is 2. The van der Waals surface area contributed by atoms with E-state index in [-0.39, 0.29) is 17.2 Å². The molecule has 1 heterocycles. The molecule has 27 heavy (non-hydrogen) atoms. The molecule has 3 rings (SSSR count). The van der Waals surface area contributed by atoms with Crippen molar-refractivity contribution in [3.8, 4) is 5.75 Å². The van der Waals surface area contributed by atoms with Gasteiger partial charge in [0.25, 0.3) is 6.47 Å². The Kier molecular flexibility index (Phi) is 5.15. The third kappa shape index (κ3) is 4.08. The number of carbonyl (C=O) groups is 1. The largest absolute Gasteiger partial charge is 0.429 e. The lowest BCUT2D eigenvalue weighted by molar-refractivity contribution is -0.120. The molecule has 0 spiro atoms. The molecule has 0 fully saturated rings. The van der Waals surface area contributed by atoms with Gasteiger partial charge in [0.2, 0.25) is 10.0 Å². The van der Waals surface area contributed by atoms with Crippen LogP contribution in [0.15, 0.2) is 42.5 Å². The maximum Gasteiger partial charge on any atom is 0.298 e. The van der Waals surface area contributed by atoms with Crippen molar-refractivity contribution in [2.24, 2.45) is 0 Å². The highest BCUT2D eigenvalue weighted by Gasteiger charge is 2.34. The van der Waals surface area contributed by atoms with Crippen LogP contribution in [0.2, 0.25) is 0 Å². The van der Waals surface area contributed by atoms with Gasteiger partial charge in [-0.1, -0.05) is 32.0 Å². The Balaban J connectivity index is 1.98. The first kappa shape index (κ1) is 19.2. The number of sulfonamides is 1. The summed E-state index contributed by atoms with van der Waals surface area (Å²) in [5.41, 5.74) is 3.32. The van der Waals surface area contributed by atoms with Crippen LogP contribution in [0.25, 0.3) is 0 Å².